The number of nitrogen functional groups attached to an aromatic ring is 1. The molecule has 2 aromatic rings. The Hall–Kier alpha value is -1.55. The zero-order chi connectivity index (χ0) is 12.4. The van der Waals surface area contributed by atoms with E-state index in [1.807, 2.05) is 25.1 Å². The van der Waals surface area contributed by atoms with Crippen molar-refractivity contribution in [3.05, 3.63) is 46.1 Å². The maximum Gasteiger partial charge on any atom is 0.130 e. The number of nitrogens with zero attached hydrogens (tertiary/aromatic N) is 1. The highest BCUT2D eigenvalue weighted by atomic mass is 79.9. The number of hydrogen-bond acceptors (Lipinski definition) is 3. The molecule has 0 spiro atoms. The summed E-state index contributed by atoms with van der Waals surface area (Å²) in [7, 11) is 0. The molecule has 2 rings (SSSR count). The Morgan fingerprint density at radius 1 is 1.18 bits per heavy atom. The summed E-state index contributed by atoms with van der Waals surface area (Å²) < 4.78 is 1.08. The van der Waals surface area contributed by atoms with Gasteiger partial charge in [0, 0.05) is 10.2 Å². The fourth-order valence-corrected chi connectivity index (χ4v) is 1.83. The topological polar surface area (TPSA) is 50.9 Å². The van der Waals surface area contributed by atoms with Gasteiger partial charge in [-0.05, 0) is 43.2 Å². The molecule has 17 heavy (non-hydrogen) atoms. The van der Waals surface area contributed by atoms with Crippen LogP contribution in [0, 0.1) is 13.8 Å². The second-order valence-electron chi connectivity index (χ2n) is 4.02. The Morgan fingerprint density at radius 3 is 2.59 bits per heavy atom. The van der Waals surface area contributed by atoms with E-state index in [2.05, 4.69) is 39.2 Å². The molecule has 1 aromatic heterocycles. The SMILES string of the molecule is Cc1cc(Nc2ccc(C)c(Br)c2)ncc1N. The number of halogens is 1. The normalized spacial score (nSPS) is 10.3. The van der Waals surface area contributed by atoms with Crippen LogP contribution in [0.5, 0.6) is 0 Å². The molecule has 0 atom stereocenters. The summed E-state index contributed by atoms with van der Waals surface area (Å²) in [4.78, 5) is 4.24. The zero-order valence-electron chi connectivity index (χ0n) is 9.79. The molecule has 1 heterocycles. The Bertz CT molecular complexity index is 503. The number of nitrogens with one attached hydrogen (secondary N) is 1. The smallest absolute Gasteiger partial charge is 0.130 e. The van der Waals surface area contributed by atoms with E-state index in [4.69, 9.17) is 5.73 Å². The van der Waals surface area contributed by atoms with Crippen molar-refractivity contribution in [3.8, 4) is 0 Å². The fraction of sp³-hybridized carbons (Fsp3) is 0.154. The number of rotatable bonds is 2. The first-order valence-electron chi connectivity index (χ1n) is 5.31. The molecule has 0 unspecified atom stereocenters. The second-order valence-corrected chi connectivity index (χ2v) is 4.87. The van der Waals surface area contributed by atoms with E-state index in [-0.39, 0.29) is 0 Å². The minimum absolute atomic E-state index is 0.709. The van der Waals surface area contributed by atoms with E-state index < -0.39 is 0 Å². The predicted molar refractivity (Wildman–Crippen MR) is 75.5 cm³/mol. The van der Waals surface area contributed by atoms with E-state index in [0.717, 1.165) is 21.5 Å². The van der Waals surface area contributed by atoms with Crippen LogP contribution in [0.2, 0.25) is 0 Å². The highest BCUT2D eigenvalue weighted by molar-refractivity contribution is 9.10. The van der Waals surface area contributed by atoms with Crippen LogP contribution < -0.4 is 11.1 Å². The Kier molecular flexibility index (Phi) is 3.33. The molecule has 1 aromatic carbocycles. The number of aryl methyl sites for hydroxylation is 2. The summed E-state index contributed by atoms with van der Waals surface area (Å²) in [5.41, 5.74) is 9.66. The molecular formula is C13H14BrN3. The summed E-state index contributed by atoms with van der Waals surface area (Å²) in [6.45, 7) is 4.02. The van der Waals surface area contributed by atoms with Crippen LogP contribution >= 0.6 is 15.9 Å². The molecule has 0 fully saturated rings. The molecule has 0 amide bonds. The first-order valence-corrected chi connectivity index (χ1v) is 6.11. The lowest BCUT2D eigenvalue weighted by Gasteiger charge is -2.08. The van der Waals surface area contributed by atoms with Crippen molar-refractivity contribution < 1.29 is 0 Å². The quantitative estimate of drug-likeness (QED) is 0.885. The van der Waals surface area contributed by atoms with Crippen molar-refractivity contribution in [2.45, 2.75) is 13.8 Å². The summed E-state index contributed by atoms with van der Waals surface area (Å²) >= 11 is 3.51. The highest BCUT2D eigenvalue weighted by Crippen LogP contribution is 2.23. The number of hydrogen-bond donors (Lipinski definition) is 2. The van der Waals surface area contributed by atoms with Crippen molar-refractivity contribution in [2.75, 3.05) is 11.1 Å². The Labute approximate surface area is 109 Å². The molecule has 0 saturated heterocycles. The molecule has 4 heteroatoms. The van der Waals surface area contributed by atoms with Crippen LogP contribution in [-0.2, 0) is 0 Å². The van der Waals surface area contributed by atoms with Gasteiger partial charge in [0.25, 0.3) is 0 Å². The minimum Gasteiger partial charge on any atom is -0.397 e. The van der Waals surface area contributed by atoms with Gasteiger partial charge in [0.2, 0.25) is 0 Å². The largest absolute Gasteiger partial charge is 0.397 e. The van der Waals surface area contributed by atoms with Gasteiger partial charge in [0.15, 0.2) is 0 Å². The summed E-state index contributed by atoms with van der Waals surface area (Å²) in [6.07, 6.45) is 1.67. The molecule has 0 aliphatic rings. The monoisotopic (exact) mass is 291 g/mol. The standard InChI is InChI=1S/C13H14BrN3/c1-8-3-4-10(6-11(8)14)17-13-5-9(2)12(15)7-16-13/h3-7H,15H2,1-2H3,(H,16,17). The minimum atomic E-state index is 0.709. The van der Waals surface area contributed by atoms with Crippen LogP contribution in [0.15, 0.2) is 34.9 Å². The van der Waals surface area contributed by atoms with E-state index in [0.29, 0.717) is 5.69 Å². The molecule has 0 aliphatic heterocycles. The number of benzene rings is 1. The third-order valence-corrected chi connectivity index (χ3v) is 3.45. The third kappa shape index (κ3) is 2.77. The third-order valence-electron chi connectivity index (χ3n) is 2.60. The Morgan fingerprint density at radius 2 is 1.94 bits per heavy atom. The van der Waals surface area contributed by atoms with Crippen molar-refractivity contribution in [3.63, 3.8) is 0 Å². The Balaban J connectivity index is 2.25. The van der Waals surface area contributed by atoms with Gasteiger partial charge in [-0.1, -0.05) is 22.0 Å². The first kappa shape index (κ1) is 11.9. The van der Waals surface area contributed by atoms with E-state index in [9.17, 15) is 0 Å². The molecule has 88 valence electrons. The lowest BCUT2D eigenvalue weighted by atomic mass is 10.2. The van der Waals surface area contributed by atoms with Crippen molar-refractivity contribution in [1.82, 2.24) is 4.98 Å². The van der Waals surface area contributed by atoms with Gasteiger partial charge in [-0.3, -0.25) is 0 Å². The fourth-order valence-electron chi connectivity index (χ4n) is 1.45. The average Bonchev–Trinajstić information content (AvgIpc) is 2.29. The van der Waals surface area contributed by atoms with Gasteiger partial charge >= 0.3 is 0 Å². The summed E-state index contributed by atoms with van der Waals surface area (Å²) in [5.74, 6) is 0.799. The van der Waals surface area contributed by atoms with E-state index in [1.165, 1.54) is 5.56 Å². The molecule has 0 bridgehead atoms. The van der Waals surface area contributed by atoms with Crippen molar-refractivity contribution >= 4 is 33.1 Å². The molecule has 0 saturated carbocycles. The van der Waals surface area contributed by atoms with Crippen LogP contribution in [0.4, 0.5) is 17.2 Å². The summed E-state index contributed by atoms with van der Waals surface area (Å²) in [5, 5.41) is 3.24. The van der Waals surface area contributed by atoms with E-state index in [1.54, 1.807) is 6.20 Å². The van der Waals surface area contributed by atoms with Gasteiger partial charge in [-0.15, -0.1) is 0 Å². The lowest BCUT2D eigenvalue weighted by molar-refractivity contribution is 1.27. The lowest BCUT2D eigenvalue weighted by Crippen LogP contribution is -1.97. The summed E-state index contributed by atoms with van der Waals surface area (Å²) in [6, 6.07) is 8.04. The highest BCUT2D eigenvalue weighted by Gasteiger charge is 2.01. The van der Waals surface area contributed by atoms with Crippen LogP contribution in [-0.4, -0.2) is 4.98 Å². The number of aromatic nitrogens is 1. The first-order chi connectivity index (χ1) is 8.06. The molecule has 0 aliphatic carbocycles. The zero-order valence-corrected chi connectivity index (χ0v) is 11.4. The maximum absolute atomic E-state index is 5.73. The molecule has 3 nitrogen and oxygen atoms in total. The molecule has 3 N–H and O–H groups in total. The van der Waals surface area contributed by atoms with Crippen molar-refractivity contribution in [2.24, 2.45) is 0 Å². The van der Waals surface area contributed by atoms with Crippen LogP contribution in [0.3, 0.4) is 0 Å². The molecule has 0 radical (unpaired) electrons. The second kappa shape index (κ2) is 4.75. The van der Waals surface area contributed by atoms with Gasteiger partial charge in [-0.2, -0.15) is 0 Å². The van der Waals surface area contributed by atoms with Crippen LogP contribution in [0.25, 0.3) is 0 Å². The molecular weight excluding hydrogens is 278 g/mol. The number of anilines is 3. The van der Waals surface area contributed by atoms with Gasteiger partial charge in [-0.25, -0.2) is 4.98 Å². The maximum atomic E-state index is 5.73. The average molecular weight is 292 g/mol. The van der Waals surface area contributed by atoms with Gasteiger partial charge in [0.05, 0.1) is 11.9 Å². The van der Waals surface area contributed by atoms with Crippen LogP contribution in [0.1, 0.15) is 11.1 Å². The van der Waals surface area contributed by atoms with Crippen molar-refractivity contribution in [1.29, 1.82) is 0 Å². The number of pyridine rings is 1. The van der Waals surface area contributed by atoms with Gasteiger partial charge in [0.1, 0.15) is 5.82 Å². The predicted octanol–water partition coefficient (Wildman–Crippen LogP) is 3.79. The van der Waals surface area contributed by atoms with Gasteiger partial charge < -0.3 is 11.1 Å². The van der Waals surface area contributed by atoms with E-state index >= 15 is 0 Å². The number of nitrogens with two attached hydrogens (primary N) is 1.